The molecule has 0 aliphatic heterocycles. The molecular weight excluding hydrogens is 562 g/mol. The van der Waals surface area contributed by atoms with Gasteiger partial charge in [0.05, 0.1) is 45.1 Å². The van der Waals surface area contributed by atoms with Crippen LogP contribution in [0.2, 0.25) is 0 Å². The normalized spacial score (nSPS) is 11.5. The Morgan fingerprint density at radius 3 is 1.33 bits per heavy atom. The molecule has 214 valence electrons. The van der Waals surface area contributed by atoms with Crippen molar-refractivity contribution in [2.75, 3.05) is 0 Å². The maximum absolute atomic E-state index is 9.50. The molecule has 0 N–H and O–H groups in total. The van der Waals surface area contributed by atoms with Crippen LogP contribution in [0.25, 0.3) is 77.8 Å². The first kappa shape index (κ1) is 25.9. The summed E-state index contributed by atoms with van der Waals surface area (Å²) in [6.07, 6.45) is 0. The second-order valence-electron chi connectivity index (χ2n) is 11.4. The molecule has 0 saturated heterocycles. The van der Waals surface area contributed by atoms with Crippen molar-refractivity contribution in [2.24, 2.45) is 0 Å². The summed E-state index contributed by atoms with van der Waals surface area (Å²) in [6, 6.07) is 54.1. The molecule has 0 saturated carbocycles. The second-order valence-corrected chi connectivity index (χ2v) is 11.4. The minimum absolute atomic E-state index is 0.607. The zero-order valence-corrected chi connectivity index (χ0v) is 24.7. The molecule has 0 radical (unpaired) electrons. The molecule has 5 aromatic carbocycles. The Morgan fingerprint density at radius 2 is 0.848 bits per heavy atom. The molecule has 0 amide bonds. The van der Waals surface area contributed by atoms with Crippen molar-refractivity contribution >= 4 is 43.6 Å². The Bertz CT molecular complexity index is 2430. The van der Waals surface area contributed by atoms with Crippen molar-refractivity contribution in [1.29, 1.82) is 5.26 Å². The Balaban J connectivity index is 1.36. The number of nitrogens with zero attached hydrogens (tertiary/aromatic N) is 5. The van der Waals surface area contributed by atoms with Crippen LogP contribution in [0, 0.1) is 11.3 Å². The molecule has 0 spiro atoms. The highest BCUT2D eigenvalue weighted by atomic mass is 15.1. The molecule has 0 fully saturated rings. The van der Waals surface area contributed by atoms with Crippen LogP contribution in [0.15, 0.2) is 152 Å². The van der Waals surface area contributed by atoms with Gasteiger partial charge in [0.15, 0.2) is 0 Å². The fourth-order valence-corrected chi connectivity index (χ4v) is 6.72. The quantitative estimate of drug-likeness (QED) is 0.206. The average molecular weight is 588 g/mol. The van der Waals surface area contributed by atoms with Crippen LogP contribution in [0.1, 0.15) is 5.56 Å². The van der Waals surface area contributed by atoms with Crippen LogP contribution in [0.5, 0.6) is 0 Å². The van der Waals surface area contributed by atoms with Gasteiger partial charge in [-0.3, -0.25) is 9.13 Å². The van der Waals surface area contributed by atoms with Gasteiger partial charge < -0.3 is 0 Å². The van der Waals surface area contributed by atoms with E-state index in [1.54, 1.807) is 0 Å². The molecule has 0 bridgehead atoms. The van der Waals surface area contributed by atoms with Crippen molar-refractivity contribution in [3.05, 3.63) is 157 Å². The summed E-state index contributed by atoms with van der Waals surface area (Å²) >= 11 is 0. The molecule has 0 aliphatic rings. The highest BCUT2D eigenvalue weighted by molar-refractivity contribution is 6.10. The molecule has 4 heterocycles. The first-order valence-electron chi connectivity index (χ1n) is 15.2. The van der Waals surface area contributed by atoms with Crippen LogP contribution >= 0.6 is 0 Å². The Morgan fingerprint density at radius 1 is 0.413 bits per heavy atom. The standard InChI is InChI=1S/C41H25N5/c42-26-27-11-9-12-28(23-27)34-17-10-18-35(43-34)29-24-40(45-36-19-5-1-13-30(36)31-14-2-6-20-37(31)45)44-41(25-29)46-38-21-7-3-15-32(38)33-16-4-8-22-39(33)46/h1-25H. The largest absolute Gasteiger partial charge is 0.294 e. The summed E-state index contributed by atoms with van der Waals surface area (Å²) in [4.78, 5) is 10.5. The molecule has 0 atom stereocenters. The average Bonchev–Trinajstić information content (AvgIpc) is 3.65. The molecule has 9 rings (SSSR count). The lowest BCUT2D eigenvalue weighted by Crippen LogP contribution is -2.04. The summed E-state index contributed by atoms with van der Waals surface area (Å²) in [7, 11) is 0. The number of hydrogen-bond acceptors (Lipinski definition) is 3. The number of hydrogen-bond donors (Lipinski definition) is 0. The van der Waals surface area contributed by atoms with Crippen molar-refractivity contribution in [3.8, 4) is 40.2 Å². The van der Waals surface area contributed by atoms with Crippen LogP contribution < -0.4 is 0 Å². The van der Waals surface area contributed by atoms with Gasteiger partial charge in [-0.1, -0.05) is 91.0 Å². The van der Waals surface area contributed by atoms with E-state index in [2.05, 4.69) is 124 Å². The minimum Gasteiger partial charge on any atom is -0.294 e. The lowest BCUT2D eigenvalue weighted by Gasteiger charge is -2.15. The molecule has 5 nitrogen and oxygen atoms in total. The van der Waals surface area contributed by atoms with Gasteiger partial charge in [-0.25, -0.2) is 9.97 Å². The fourth-order valence-electron chi connectivity index (χ4n) is 6.72. The van der Waals surface area contributed by atoms with E-state index in [1.165, 1.54) is 21.5 Å². The Labute approximate surface area is 264 Å². The summed E-state index contributed by atoms with van der Waals surface area (Å²) in [5, 5.41) is 14.2. The van der Waals surface area contributed by atoms with E-state index in [9.17, 15) is 5.26 Å². The minimum atomic E-state index is 0.607. The fraction of sp³-hybridized carbons (Fsp3) is 0. The van der Waals surface area contributed by atoms with Crippen LogP contribution in [0.4, 0.5) is 0 Å². The third-order valence-electron chi connectivity index (χ3n) is 8.75. The molecule has 4 aromatic heterocycles. The van der Waals surface area contributed by atoms with E-state index in [-0.39, 0.29) is 0 Å². The number of pyridine rings is 2. The number of aromatic nitrogens is 4. The number of benzene rings is 5. The van der Waals surface area contributed by atoms with Gasteiger partial charge >= 0.3 is 0 Å². The van der Waals surface area contributed by atoms with Gasteiger partial charge in [0.2, 0.25) is 0 Å². The van der Waals surface area contributed by atoms with E-state index in [4.69, 9.17) is 9.97 Å². The van der Waals surface area contributed by atoms with E-state index in [1.807, 2.05) is 42.5 Å². The summed E-state index contributed by atoms with van der Waals surface area (Å²) < 4.78 is 4.51. The Hall–Kier alpha value is -6.51. The maximum Gasteiger partial charge on any atom is 0.140 e. The van der Waals surface area contributed by atoms with Crippen LogP contribution in [-0.4, -0.2) is 19.1 Å². The van der Waals surface area contributed by atoms with Gasteiger partial charge in [-0.15, -0.1) is 0 Å². The van der Waals surface area contributed by atoms with Gasteiger partial charge in [0.25, 0.3) is 0 Å². The molecule has 5 heteroatoms. The summed E-state index contributed by atoms with van der Waals surface area (Å²) in [5.74, 6) is 1.62. The maximum atomic E-state index is 9.50. The first-order chi connectivity index (χ1) is 22.8. The lowest BCUT2D eigenvalue weighted by molar-refractivity contribution is 1.01. The number of para-hydroxylation sites is 4. The smallest absolute Gasteiger partial charge is 0.140 e. The zero-order chi connectivity index (χ0) is 30.6. The molecule has 0 aliphatic carbocycles. The van der Waals surface area contributed by atoms with Crippen LogP contribution in [0.3, 0.4) is 0 Å². The van der Waals surface area contributed by atoms with Crippen LogP contribution in [-0.2, 0) is 0 Å². The topological polar surface area (TPSA) is 59.4 Å². The van der Waals surface area contributed by atoms with E-state index < -0.39 is 0 Å². The van der Waals surface area contributed by atoms with Crippen molar-refractivity contribution < 1.29 is 0 Å². The van der Waals surface area contributed by atoms with Gasteiger partial charge in [0, 0.05) is 32.7 Å². The predicted octanol–water partition coefficient (Wildman–Crippen LogP) is 9.88. The number of nitriles is 1. The molecular formula is C41H25N5. The monoisotopic (exact) mass is 587 g/mol. The number of fused-ring (bicyclic) bond motifs is 6. The van der Waals surface area contributed by atoms with Crippen molar-refractivity contribution in [1.82, 2.24) is 19.1 Å². The van der Waals surface area contributed by atoms with Gasteiger partial charge in [0.1, 0.15) is 11.6 Å². The molecule has 46 heavy (non-hydrogen) atoms. The van der Waals surface area contributed by atoms with E-state index in [0.717, 1.165) is 56.2 Å². The summed E-state index contributed by atoms with van der Waals surface area (Å²) in [5.41, 5.74) is 8.47. The van der Waals surface area contributed by atoms with Crippen molar-refractivity contribution in [3.63, 3.8) is 0 Å². The Kier molecular flexibility index (Phi) is 5.81. The molecule has 9 aromatic rings. The number of rotatable bonds is 4. The van der Waals surface area contributed by atoms with E-state index >= 15 is 0 Å². The van der Waals surface area contributed by atoms with E-state index in [0.29, 0.717) is 5.56 Å². The highest BCUT2D eigenvalue weighted by Gasteiger charge is 2.18. The first-order valence-corrected chi connectivity index (χ1v) is 15.2. The zero-order valence-electron chi connectivity index (χ0n) is 24.7. The highest BCUT2D eigenvalue weighted by Crippen LogP contribution is 2.36. The summed E-state index contributed by atoms with van der Waals surface area (Å²) in [6.45, 7) is 0. The predicted molar refractivity (Wildman–Crippen MR) is 186 cm³/mol. The molecule has 0 unspecified atom stereocenters. The third kappa shape index (κ3) is 4.02. The second kappa shape index (κ2) is 10.3. The van der Waals surface area contributed by atoms with Crippen molar-refractivity contribution in [2.45, 2.75) is 0 Å². The van der Waals surface area contributed by atoms with Gasteiger partial charge in [-0.2, -0.15) is 5.26 Å². The third-order valence-corrected chi connectivity index (χ3v) is 8.75. The SMILES string of the molecule is N#Cc1cccc(-c2cccc(-c3cc(-n4c5ccccc5c5ccccc54)nc(-n4c5ccccc5c5ccccc54)c3)n2)c1. The van der Waals surface area contributed by atoms with Gasteiger partial charge in [-0.05, 0) is 60.7 Å². The lowest BCUT2D eigenvalue weighted by atomic mass is 10.1.